The maximum absolute atomic E-state index is 13.3. The van der Waals surface area contributed by atoms with E-state index in [1.165, 1.54) is 17.4 Å². The summed E-state index contributed by atoms with van der Waals surface area (Å²) in [4.78, 5) is 0.639. The molecule has 1 N–H and O–H groups in total. The van der Waals surface area contributed by atoms with Crippen molar-refractivity contribution >= 4 is 11.3 Å². The van der Waals surface area contributed by atoms with E-state index >= 15 is 0 Å². The zero-order valence-corrected chi connectivity index (χ0v) is 8.47. The molecular formula is C11H8F2OS. The van der Waals surface area contributed by atoms with Crippen LogP contribution in [-0.2, 0) is 0 Å². The Kier molecular flexibility index (Phi) is 2.79. The smallest absolute Gasteiger partial charge is 0.132 e. The van der Waals surface area contributed by atoms with Crippen LogP contribution < -0.4 is 0 Å². The Labute approximate surface area is 89.6 Å². The lowest BCUT2D eigenvalue weighted by Gasteiger charge is -2.09. The van der Waals surface area contributed by atoms with Gasteiger partial charge in [0, 0.05) is 16.5 Å². The van der Waals surface area contributed by atoms with Crippen molar-refractivity contribution in [2.24, 2.45) is 0 Å². The van der Waals surface area contributed by atoms with Gasteiger partial charge in [0.1, 0.15) is 17.7 Å². The largest absolute Gasteiger partial charge is 0.383 e. The molecule has 0 amide bonds. The molecule has 0 spiro atoms. The Bertz CT molecular complexity index is 454. The second-order valence-corrected chi connectivity index (χ2v) is 4.06. The second-order valence-electron chi connectivity index (χ2n) is 3.08. The van der Waals surface area contributed by atoms with Crippen LogP contribution in [0.4, 0.5) is 8.78 Å². The number of thiophene rings is 1. The van der Waals surface area contributed by atoms with Gasteiger partial charge in [-0.2, -0.15) is 0 Å². The van der Waals surface area contributed by atoms with Crippen LogP contribution >= 0.6 is 11.3 Å². The minimum absolute atomic E-state index is 0.0962. The van der Waals surface area contributed by atoms with Crippen molar-refractivity contribution in [3.8, 4) is 0 Å². The molecular weight excluding hydrogens is 218 g/mol. The normalized spacial score (nSPS) is 12.7. The Morgan fingerprint density at radius 3 is 2.60 bits per heavy atom. The van der Waals surface area contributed by atoms with E-state index in [4.69, 9.17) is 0 Å². The fourth-order valence-corrected chi connectivity index (χ4v) is 2.05. The van der Waals surface area contributed by atoms with Gasteiger partial charge in [-0.15, -0.1) is 11.3 Å². The van der Waals surface area contributed by atoms with Crippen molar-refractivity contribution in [2.45, 2.75) is 6.10 Å². The van der Waals surface area contributed by atoms with E-state index in [-0.39, 0.29) is 5.56 Å². The number of hydrogen-bond donors (Lipinski definition) is 1. The molecule has 0 fully saturated rings. The third kappa shape index (κ3) is 2.06. The zero-order valence-electron chi connectivity index (χ0n) is 7.65. The van der Waals surface area contributed by atoms with E-state index in [1.54, 1.807) is 17.5 Å². The Morgan fingerprint density at radius 1 is 1.20 bits per heavy atom. The average molecular weight is 226 g/mol. The fraction of sp³-hybridized carbons (Fsp3) is 0.0909. The van der Waals surface area contributed by atoms with Gasteiger partial charge in [0.15, 0.2) is 0 Å². The first-order valence-corrected chi connectivity index (χ1v) is 5.23. The molecule has 15 heavy (non-hydrogen) atoms. The summed E-state index contributed by atoms with van der Waals surface area (Å²) in [5.74, 6) is -1.37. The first kappa shape index (κ1) is 10.3. The molecule has 1 atom stereocenters. The Balaban J connectivity index is 2.38. The summed E-state index contributed by atoms with van der Waals surface area (Å²) in [5, 5.41) is 11.6. The summed E-state index contributed by atoms with van der Waals surface area (Å²) in [6.07, 6.45) is -1.02. The van der Waals surface area contributed by atoms with Crippen LogP contribution in [0.25, 0.3) is 0 Å². The third-order valence-electron chi connectivity index (χ3n) is 2.07. The first-order chi connectivity index (χ1) is 7.18. The lowest BCUT2D eigenvalue weighted by Crippen LogP contribution is -2.00. The summed E-state index contributed by atoms with van der Waals surface area (Å²) in [5.41, 5.74) is 0.0962. The average Bonchev–Trinajstić information content (AvgIpc) is 2.69. The Hall–Kier alpha value is -1.26. The van der Waals surface area contributed by atoms with Gasteiger partial charge in [0.2, 0.25) is 0 Å². The molecule has 1 heterocycles. The van der Waals surface area contributed by atoms with E-state index in [0.29, 0.717) is 4.88 Å². The van der Waals surface area contributed by atoms with Crippen LogP contribution in [0, 0.1) is 11.6 Å². The predicted octanol–water partition coefficient (Wildman–Crippen LogP) is 3.11. The van der Waals surface area contributed by atoms with Gasteiger partial charge in [-0.25, -0.2) is 8.78 Å². The quantitative estimate of drug-likeness (QED) is 0.834. The molecule has 1 nitrogen and oxygen atoms in total. The van der Waals surface area contributed by atoms with Crippen molar-refractivity contribution < 1.29 is 13.9 Å². The van der Waals surface area contributed by atoms with Gasteiger partial charge in [-0.05, 0) is 17.5 Å². The van der Waals surface area contributed by atoms with Crippen LogP contribution in [0.15, 0.2) is 35.7 Å². The van der Waals surface area contributed by atoms with Crippen molar-refractivity contribution in [2.75, 3.05) is 0 Å². The van der Waals surface area contributed by atoms with Crippen LogP contribution in [-0.4, -0.2) is 5.11 Å². The highest BCUT2D eigenvalue weighted by Crippen LogP contribution is 2.27. The number of aliphatic hydroxyl groups is 1. The second kappa shape index (κ2) is 4.08. The molecule has 0 bridgehead atoms. The van der Waals surface area contributed by atoms with E-state index in [0.717, 1.165) is 12.1 Å². The van der Waals surface area contributed by atoms with Gasteiger partial charge >= 0.3 is 0 Å². The highest BCUT2D eigenvalue weighted by Gasteiger charge is 2.15. The number of hydrogen-bond acceptors (Lipinski definition) is 2. The molecule has 1 aromatic carbocycles. The topological polar surface area (TPSA) is 20.2 Å². The molecule has 0 saturated carbocycles. The number of aliphatic hydroxyl groups excluding tert-OH is 1. The molecule has 78 valence electrons. The SMILES string of the molecule is OC(c1cccs1)c1ccc(F)cc1F. The summed E-state index contributed by atoms with van der Waals surface area (Å²) in [6.45, 7) is 0. The molecule has 2 rings (SSSR count). The molecule has 0 radical (unpaired) electrons. The molecule has 4 heteroatoms. The molecule has 2 aromatic rings. The summed E-state index contributed by atoms with van der Waals surface area (Å²) in [6, 6.07) is 6.64. The van der Waals surface area contributed by atoms with Crippen molar-refractivity contribution in [3.63, 3.8) is 0 Å². The van der Waals surface area contributed by atoms with Gasteiger partial charge in [0.05, 0.1) is 0 Å². The molecule has 0 aliphatic carbocycles. The van der Waals surface area contributed by atoms with Gasteiger partial charge in [0.25, 0.3) is 0 Å². The van der Waals surface area contributed by atoms with Crippen molar-refractivity contribution in [1.29, 1.82) is 0 Å². The van der Waals surface area contributed by atoms with Gasteiger partial charge in [-0.3, -0.25) is 0 Å². The zero-order chi connectivity index (χ0) is 10.8. The lowest BCUT2D eigenvalue weighted by molar-refractivity contribution is 0.218. The highest BCUT2D eigenvalue weighted by atomic mass is 32.1. The van der Waals surface area contributed by atoms with Crippen molar-refractivity contribution in [3.05, 3.63) is 57.8 Å². The van der Waals surface area contributed by atoms with E-state index in [9.17, 15) is 13.9 Å². The van der Waals surface area contributed by atoms with Crippen LogP contribution in [0.3, 0.4) is 0 Å². The van der Waals surface area contributed by atoms with Crippen molar-refractivity contribution in [1.82, 2.24) is 0 Å². The number of rotatable bonds is 2. The van der Waals surface area contributed by atoms with Crippen LogP contribution in [0.1, 0.15) is 16.5 Å². The number of benzene rings is 1. The molecule has 1 unspecified atom stereocenters. The summed E-state index contributed by atoms with van der Waals surface area (Å²) >= 11 is 1.33. The number of halogens is 2. The Morgan fingerprint density at radius 2 is 2.00 bits per heavy atom. The minimum atomic E-state index is -1.02. The van der Waals surface area contributed by atoms with Gasteiger partial charge < -0.3 is 5.11 Å². The monoisotopic (exact) mass is 226 g/mol. The maximum atomic E-state index is 13.3. The van der Waals surface area contributed by atoms with E-state index < -0.39 is 17.7 Å². The molecule has 0 saturated heterocycles. The van der Waals surface area contributed by atoms with Gasteiger partial charge in [-0.1, -0.05) is 12.1 Å². The lowest BCUT2D eigenvalue weighted by atomic mass is 10.1. The van der Waals surface area contributed by atoms with Crippen LogP contribution in [0.5, 0.6) is 0 Å². The van der Waals surface area contributed by atoms with E-state index in [1.807, 2.05) is 0 Å². The highest BCUT2D eigenvalue weighted by molar-refractivity contribution is 7.10. The minimum Gasteiger partial charge on any atom is -0.383 e. The summed E-state index contributed by atoms with van der Waals surface area (Å²) < 4.78 is 25.9. The van der Waals surface area contributed by atoms with E-state index in [2.05, 4.69) is 0 Å². The third-order valence-corrected chi connectivity index (χ3v) is 2.99. The molecule has 0 aliphatic rings. The molecule has 1 aromatic heterocycles. The predicted molar refractivity (Wildman–Crippen MR) is 54.7 cm³/mol. The fourth-order valence-electron chi connectivity index (χ4n) is 1.32. The standard InChI is InChI=1S/C11H8F2OS/c12-7-3-4-8(9(13)6-7)11(14)10-2-1-5-15-10/h1-6,11,14H. The van der Waals surface area contributed by atoms with Crippen LogP contribution in [0.2, 0.25) is 0 Å². The first-order valence-electron chi connectivity index (χ1n) is 4.35. The molecule has 0 aliphatic heterocycles. The summed E-state index contributed by atoms with van der Waals surface area (Å²) in [7, 11) is 0. The maximum Gasteiger partial charge on any atom is 0.132 e.